The van der Waals surface area contributed by atoms with Crippen LogP contribution in [0.1, 0.15) is 34.9 Å². The first kappa shape index (κ1) is 17.3. The molecular formula is C18H20ClN5OS. The number of nitrogens with zero attached hydrogens (tertiary/aromatic N) is 3. The molecule has 136 valence electrons. The predicted molar refractivity (Wildman–Crippen MR) is 106 cm³/mol. The summed E-state index contributed by atoms with van der Waals surface area (Å²) in [4.78, 5) is 17.8. The lowest BCUT2D eigenvalue weighted by Crippen LogP contribution is -2.34. The highest BCUT2D eigenvalue weighted by Gasteiger charge is 2.24. The molecule has 1 aliphatic heterocycles. The van der Waals surface area contributed by atoms with E-state index in [0.717, 1.165) is 42.2 Å². The van der Waals surface area contributed by atoms with Crippen LogP contribution >= 0.6 is 22.9 Å². The van der Waals surface area contributed by atoms with Gasteiger partial charge in [-0.15, -0.1) is 11.3 Å². The average molecular weight is 390 g/mol. The van der Waals surface area contributed by atoms with Crippen molar-refractivity contribution >= 4 is 44.7 Å². The molecule has 2 aromatic heterocycles. The SMILES string of the molecule is NC(=O)c1ncn(C2CCN(Cc3csc4c(Cl)cccc34)CC2)c1N. The first-order valence-corrected chi connectivity index (χ1v) is 9.79. The van der Waals surface area contributed by atoms with Crippen LogP contribution in [0.3, 0.4) is 0 Å². The van der Waals surface area contributed by atoms with E-state index in [9.17, 15) is 4.79 Å². The molecule has 0 spiro atoms. The number of benzene rings is 1. The Hall–Kier alpha value is -2.09. The van der Waals surface area contributed by atoms with Crippen molar-refractivity contribution < 1.29 is 4.79 Å². The molecule has 0 atom stereocenters. The van der Waals surface area contributed by atoms with E-state index in [-0.39, 0.29) is 11.7 Å². The lowest BCUT2D eigenvalue weighted by atomic mass is 10.0. The molecule has 4 N–H and O–H groups in total. The number of hydrogen-bond acceptors (Lipinski definition) is 5. The third kappa shape index (κ3) is 3.06. The van der Waals surface area contributed by atoms with Gasteiger partial charge in [0.15, 0.2) is 5.69 Å². The number of halogens is 1. The zero-order valence-electron chi connectivity index (χ0n) is 14.2. The van der Waals surface area contributed by atoms with Crippen LogP contribution in [-0.2, 0) is 6.54 Å². The first-order valence-electron chi connectivity index (χ1n) is 8.53. The fourth-order valence-electron chi connectivity index (χ4n) is 3.65. The summed E-state index contributed by atoms with van der Waals surface area (Å²) in [7, 11) is 0. The number of carbonyl (C=O) groups excluding carboxylic acids is 1. The fourth-order valence-corrected chi connectivity index (χ4v) is 4.92. The Balaban J connectivity index is 1.44. The molecule has 0 radical (unpaired) electrons. The molecule has 1 fully saturated rings. The fraction of sp³-hybridized carbons (Fsp3) is 0.333. The van der Waals surface area contributed by atoms with E-state index >= 15 is 0 Å². The van der Waals surface area contributed by atoms with Gasteiger partial charge in [0.1, 0.15) is 5.82 Å². The second-order valence-electron chi connectivity index (χ2n) is 6.63. The maximum atomic E-state index is 11.3. The molecule has 0 saturated carbocycles. The maximum absolute atomic E-state index is 11.3. The monoisotopic (exact) mass is 389 g/mol. The largest absolute Gasteiger partial charge is 0.383 e. The van der Waals surface area contributed by atoms with Crippen LogP contribution in [0, 0.1) is 0 Å². The lowest BCUT2D eigenvalue weighted by Gasteiger charge is -2.32. The first-order chi connectivity index (χ1) is 12.5. The van der Waals surface area contributed by atoms with Gasteiger partial charge in [-0.3, -0.25) is 9.69 Å². The minimum absolute atomic E-state index is 0.161. The Labute approximate surface area is 160 Å². The molecule has 3 heterocycles. The molecule has 1 saturated heterocycles. The standard InChI is InChI=1S/C18H20ClN5OS/c19-14-3-1-2-13-11(9-26-16(13)14)8-23-6-4-12(5-7-23)24-10-22-15(17(24)20)18(21)25/h1-3,9-10,12H,4-8,20H2,(H2,21,25). The van der Waals surface area contributed by atoms with Crippen LogP contribution in [0.25, 0.3) is 10.1 Å². The minimum Gasteiger partial charge on any atom is -0.383 e. The summed E-state index contributed by atoms with van der Waals surface area (Å²) in [6.07, 6.45) is 3.55. The minimum atomic E-state index is -0.582. The van der Waals surface area contributed by atoms with Crippen molar-refractivity contribution in [3.8, 4) is 0 Å². The normalized spacial score (nSPS) is 16.3. The molecule has 1 amide bonds. The van der Waals surface area contributed by atoms with E-state index in [4.69, 9.17) is 23.1 Å². The van der Waals surface area contributed by atoms with Crippen molar-refractivity contribution in [1.29, 1.82) is 0 Å². The quantitative estimate of drug-likeness (QED) is 0.716. The smallest absolute Gasteiger partial charge is 0.271 e. The number of thiophene rings is 1. The summed E-state index contributed by atoms with van der Waals surface area (Å²) in [6.45, 7) is 2.84. The Kier molecular flexibility index (Phi) is 4.60. The number of nitrogens with two attached hydrogens (primary N) is 2. The zero-order valence-corrected chi connectivity index (χ0v) is 15.8. The number of rotatable bonds is 4. The summed E-state index contributed by atoms with van der Waals surface area (Å²) in [5.41, 5.74) is 12.8. The van der Waals surface area contributed by atoms with Crippen molar-refractivity contribution in [2.24, 2.45) is 5.73 Å². The van der Waals surface area contributed by atoms with Gasteiger partial charge in [0.2, 0.25) is 0 Å². The van der Waals surface area contributed by atoms with Gasteiger partial charge in [-0.25, -0.2) is 4.98 Å². The van der Waals surface area contributed by atoms with Gasteiger partial charge in [0.25, 0.3) is 5.91 Å². The average Bonchev–Trinajstić information content (AvgIpc) is 3.21. The highest BCUT2D eigenvalue weighted by molar-refractivity contribution is 7.18. The molecule has 26 heavy (non-hydrogen) atoms. The summed E-state index contributed by atoms with van der Waals surface area (Å²) >= 11 is 7.99. The van der Waals surface area contributed by atoms with Crippen molar-refractivity contribution in [3.05, 3.63) is 46.2 Å². The van der Waals surface area contributed by atoms with E-state index in [1.165, 1.54) is 10.9 Å². The number of nitrogen functional groups attached to an aromatic ring is 1. The number of imidazole rings is 1. The molecule has 8 heteroatoms. The number of piperidine rings is 1. The number of hydrogen-bond donors (Lipinski definition) is 2. The second kappa shape index (κ2) is 6.90. The molecule has 1 aliphatic rings. The summed E-state index contributed by atoms with van der Waals surface area (Å²) in [5.74, 6) is -0.212. The van der Waals surface area contributed by atoms with Crippen LogP contribution in [-0.4, -0.2) is 33.4 Å². The van der Waals surface area contributed by atoms with Crippen molar-refractivity contribution in [3.63, 3.8) is 0 Å². The molecule has 0 unspecified atom stereocenters. The third-order valence-corrected chi connectivity index (χ3v) is 6.55. The second-order valence-corrected chi connectivity index (χ2v) is 7.92. The highest BCUT2D eigenvalue weighted by atomic mass is 35.5. The van der Waals surface area contributed by atoms with Crippen molar-refractivity contribution in [1.82, 2.24) is 14.5 Å². The number of likely N-dealkylation sites (tertiary alicyclic amines) is 1. The number of anilines is 1. The summed E-state index contributed by atoms with van der Waals surface area (Å²) < 4.78 is 3.04. The number of aromatic nitrogens is 2. The van der Waals surface area contributed by atoms with E-state index in [1.807, 2.05) is 16.7 Å². The number of amides is 1. The van der Waals surface area contributed by atoms with Crippen LogP contribution in [0.4, 0.5) is 5.82 Å². The summed E-state index contributed by atoms with van der Waals surface area (Å²) in [5, 5.41) is 4.27. The van der Waals surface area contributed by atoms with Crippen LogP contribution in [0.15, 0.2) is 29.9 Å². The molecule has 3 aromatic rings. The topological polar surface area (TPSA) is 90.2 Å². The Morgan fingerprint density at radius 2 is 2.12 bits per heavy atom. The van der Waals surface area contributed by atoms with Gasteiger partial charge in [-0.05, 0) is 35.2 Å². The van der Waals surface area contributed by atoms with E-state index < -0.39 is 5.91 Å². The van der Waals surface area contributed by atoms with Gasteiger partial charge in [0.05, 0.1) is 16.0 Å². The summed E-state index contributed by atoms with van der Waals surface area (Å²) in [6, 6.07) is 6.33. The molecule has 0 aliphatic carbocycles. The van der Waals surface area contributed by atoms with Crippen LogP contribution < -0.4 is 11.5 Å². The zero-order chi connectivity index (χ0) is 18.3. The van der Waals surface area contributed by atoms with Crippen LogP contribution in [0.5, 0.6) is 0 Å². The number of fused-ring (bicyclic) bond motifs is 1. The van der Waals surface area contributed by atoms with Gasteiger partial charge in [-0.1, -0.05) is 23.7 Å². The van der Waals surface area contributed by atoms with Crippen molar-refractivity contribution in [2.75, 3.05) is 18.8 Å². The number of primary amides is 1. The van der Waals surface area contributed by atoms with Crippen LogP contribution in [0.2, 0.25) is 5.02 Å². The Morgan fingerprint density at radius 3 is 2.81 bits per heavy atom. The molecule has 4 rings (SSSR count). The Morgan fingerprint density at radius 1 is 1.35 bits per heavy atom. The Bertz CT molecular complexity index is 958. The molecule has 1 aromatic carbocycles. The van der Waals surface area contributed by atoms with E-state index in [2.05, 4.69) is 21.3 Å². The van der Waals surface area contributed by atoms with Gasteiger partial charge < -0.3 is 16.0 Å². The van der Waals surface area contributed by atoms with Gasteiger partial charge in [0, 0.05) is 25.7 Å². The van der Waals surface area contributed by atoms with Gasteiger partial charge >= 0.3 is 0 Å². The van der Waals surface area contributed by atoms with E-state index in [0.29, 0.717) is 5.82 Å². The molecule has 6 nitrogen and oxygen atoms in total. The number of carbonyl (C=O) groups is 1. The van der Waals surface area contributed by atoms with Crippen molar-refractivity contribution in [2.45, 2.75) is 25.4 Å². The maximum Gasteiger partial charge on any atom is 0.271 e. The predicted octanol–water partition coefficient (Wildman–Crippen LogP) is 3.27. The van der Waals surface area contributed by atoms with E-state index in [1.54, 1.807) is 17.7 Å². The lowest BCUT2D eigenvalue weighted by molar-refractivity contribution is 0.0997. The van der Waals surface area contributed by atoms with Gasteiger partial charge in [-0.2, -0.15) is 0 Å². The third-order valence-electron chi connectivity index (χ3n) is 5.04. The highest BCUT2D eigenvalue weighted by Crippen LogP contribution is 2.34. The molecular weight excluding hydrogens is 370 g/mol. The molecule has 0 bridgehead atoms.